The average Bonchev–Trinajstić information content (AvgIpc) is 3.49. The molecule has 2 N–H and O–H groups in total. The molecule has 3 aromatic heterocycles. The van der Waals surface area contributed by atoms with E-state index in [1.807, 2.05) is 30.3 Å². The maximum atomic E-state index is 13.0. The van der Waals surface area contributed by atoms with Crippen molar-refractivity contribution in [1.82, 2.24) is 24.7 Å². The van der Waals surface area contributed by atoms with E-state index in [0.29, 0.717) is 29.7 Å². The summed E-state index contributed by atoms with van der Waals surface area (Å²) in [5.74, 6) is 1.03. The molecule has 0 fully saturated rings. The number of hydrogen-bond donors (Lipinski definition) is 2. The Balaban J connectivity index is 1.39. The second kappa shape index (κ2) is 9.14. The molecule has 2 aromatic carbocycles. The van der Waals surface area contributed by atoms with Crippen molar-refractivity contribution in [3.63, 3.8) is 0 Å². The molecule has 3 heterocycles. The zero-order valence-electron chi connectivity index (χ0n) is 20.1. The standard InChI is InChI=1S/C27H25F3N6/c1-16(2)20-6-4-5-7-21(20)25-26-22(32-15-33-26)13-24(34-25)31-14-18-8-10-19(11-9-18)36-17(3)12-23(35-36)27(28,29)30/h4-13,15-16H,14H2,1-3H3,(H,31,34)(H,32,33). The predicted molar refractivity (Wildman–Crippen MR) is 134 cm³/mol. The van der Waals surface area contributed by atoms with Crippen molar-refractivity contribution in [1.29, 1.82) is 0 Å². The van der Waals surface area contributed by atoms with Crippen molar-refractivity contribution < 1.29 is 13.2 Å². The van der Waals surface area contributed by atoms with E-state index in [4.69, 9.17) is 4.98 Å². The van der Waals surface area contributed by atoms with Gasteiger partial charge >= 0.3 is 6.18 Å². The van der Waals surface area contributed by atoms with Gasteiger partial charge in [-0.15, -0.1) is 0 Å². The van der Waals surface area contributed by atoms with Crippen LogP contribution in [0.2, 0.25) is 0 Å². The molecule has 0 saturated heterocycles. The van der Waals surface area contributed by atoms with Gasteiger partial charge in [-0.05, 0) is 42.2 Å². The summed E-state index contributed by atoms with van der Waals surface area (Å²) >= 11 is 0. The van der Waals surface area contributed by atoms with Crippen molar-refractivity contribution >= 4 is 16.9 Å². The van der Waals surface area contributed by atoms with Crippen LogP contribution in [-0.2, 0) is 12.7 Å². The van der Waals surface area contributed by atoms with Crippen LogP contribution in [0.3, 0.4) is 0 Å². The molecular formula is C27H25F3N6. The maximum Gasteiger partial charge on any atom is 0.435 e. The van der Waals surface area contributed by atoms with Crippen molar-refractivity contribution in [2.24, 2.45) is 0 Å². The molecule has 0 unspecified atom stereocenters. The molecule has 0 aliphatic heterocycles. The Bertz CT molecular complexity index is 1510. The molecule has 184 valence electrons. The summed E-state index contributed by atoms with van der Waals surface area (Å²) in [5.41, 5.74) is 5.78. The Kier molecular flexibility index (Phi) is 5.99. The van der Waals surface area contributed by atoms with Crippen LogP contribution in [0.4, 0.5) is 19.0 Å². The number of pyridine rings is 1. The number of H-pyrrole nitrogens is 1. The average molecular weight is 491 g/mol. The first-order valence-corrected chi connectivity index (χ1v) is 11.6. The highest BCUT2D eigenvalue weighted by molar-refractivity contribution is 5.92. The fourth-order valence-electron chi connectivity index (χ4n) is 4.26. The molecular weight excluding hydrogens is 465 g/mol. The normalized spacial score (nSPS) is 12.0. The molecule has 6 nitrogen and oxygen atoms in total. The lowest BCUT2D eigenvalue weighted by Gasteiger charge is -2.14. The third-order valence-corrected chi connectivity index (χ3v) is 6.08. The van der Waals surface area contributed by atoms with Crippen LogP contribution in [0.15, 0.2) is 67.0 Å². The number of nitrogens with one attached hydrogen (secondary N) is 2. The molecule has 5 aromatic rings. The second-order valence-electron chi connectivity index (χ2n) is 9.00. The Labute approximate surface area is 206 Å². The van der Waals surface area contributed by atoms with E-state index in [-0.39, 0.29) is 0 Å². The van der Waals surface area contributed by atoms with Crippen molar-refractivity contribution in [2.75, 3.05) is 5.32 Å². The first-order valence-electron chi connectivity index (χ1n) is 11.6. The van der Waals surface area contributed by atoms with Gasteiger partial charge in [0.05, 0.1) is 17.5 Å². The van der Waals surface area contributed by atoms with E-state index >= 15 is 0 Å². The fourth-order valence-corrected chi connectivity index (χ4v) is 4.26. The Morgan fingerprint density at radius 2 is 1.78 bits per heavy atom. The topological polar surface area (TPSA) is 71.4 Å². The number of aromatic nitrogens is 5. The highest BCUT2D eigenvalue weighted by atomic mass is 19.4. The van der Waals surface area contributed by atoms with Gasteiger partial charge in [-0.3, -0.25) is 0 Å². The fraction of sp³-hybridized carbons (Fsp3) is 0.222. The van der Waals surface area contributed by atoms with E-state index < -0.39 is 11.9 Å². The Morgan fingerprint density at radius 3 is 2.47 bits per heavy atom. The molecule has 0 bridgehead atoms. The molecule has 0 radical (unpaired) electrons. The number of aromatic amines is 1. The minimum atomic E-state index is -4.48. The van der Waals surface area contributed by atoms with Gasteiger partial charge in [-0.25, -0.2) is 14.6 Å². The lowest BCUT2D eigenvalue weighted by molar-refractivity contribution is -0.141. The van der Waals surface area contributed by atoms with Crippen molar-refractivity contribution in [2.45, 2.75) is 39.4 Å². The van der Waals surface area contributed by atoms with Gasteiger partial charge in [0.25, 0.3) is 0 Å². The van der Waals surface area contributed by atoms with E-state index in [9.17, 15) is 13.2 Å². The molecule has 0 amide bonds. The number of imidazole rings is 1. The van der Waals surface area contributed by atoms with Crippen molar-refractivity contribution in [3.8, 4) is 16.9 Å². The number of halogens is 3. The van der Waals surface area contributed by atoms with Gasteiger partial charge in [-0.1, -0.05) is 50.2 Å². The van der Waals surface area contributed by atoms with Crippen LogP contribution >= 0.6 is 0 Å². The molecule has 5 rings (SSSR count). The summed E-state index contributed by atoms with van der Waals surface area (Å²) in [7, 11) is 0. The number of alkyl halides is 3. The zero-order valence-corrected chi connectivity index (χ0v) is 20.1. The van der Waals surface area contributed by atoms with Gasteiger partial charge in [0, 0.05) is 23.9 Å². The van der Waals surface area contributed by atoms with Crippen LogP contribution in [0.1, 0.15) is 42.3 Å². The van der Waals surface area contributed by atoms with Crippen LogP contribution < -0.4 is 5.32 Å². The highest BCUT2D eigenvalue weighted by Crippen LogP contribution is 2.33. The van der Waals surface area contributed by atoms with E-state index in [2.05, 4.69) is 46.4 Å². The van der Waals surface area contributed by atoms with Crippen LogP contribution in [0.5, 0.6) is 0 Å². The van der Waals surface area contributed by atoms with E-state index in [1.165, 1.54) is 10.2 Å². The molecule has 0 aliphatic rings. The molecule has 0 saturated carbocycles. The lowest BCUT2D eigenvalue weighted by atomic mass is 9.94. The quantitative estimate of drug-likeness (QED) is 0.272. The van der Waals surface area contributed by atoms with E-state index in [1.54, 1.807) is 25.4 Å². The summed E-state index contributed by atoms with van der Waals surface area (Å²) in [4.78, 5) is 12.6. The zero-order chi connectivity index (χ0) is 25.4. The summed E-state index contributed by atoms with van der Waals surface area (Å²) in [6.45, 7) is 6.40. The number of anilines is 1. The lowest BCUT2D eigenvalue weighted by Crippen LogP contribution is -2.07. The first-order chi connectivity index (χ1) is 17.2. The Hall–Kier alpha value is -4.14. The first kappa shape index (κ1) is 23.6. The number of nitrogens with zero attached hydrogens (tertiary/aromatic N) is 4. The second-order valence-corrected chi connectivity index (χ2v) is 9.00. The smallest absolute Gasteiger partial charge is 0.366 e. The molecule has 0 spiro atoms. The SMILES string of the molecule is Cc1cc(C(F)(F)F)nn1-c1ccc(CNc2cc3[nH]cnc3c(-c3ccccc3C(C)C)n2)cc1. The van der Waals surface area contributed by atoms with Crippen LogP contribution in [-0.4, -0.2) is 24.7 Å². The summed E-state index contributed by atoms with van der Waals surface area (Å²) in [6, 6.07) is 18.4. The van der Waals surface area contributed by atoms with Gasteiger partial charge in [0.15, 0.2) is 5.69 Å². The summed E-state index contributed by atoms with van der Waals surface area (Å²) in [6.07, 6.45) is -2.81. The highest BCUT2D eigenvalue weighted by Gasteiger charge is 2.34. The molecule has 9 heteroatoms. The molecule has 36 heavy (non-hydrogen) atoms. The van der Waals surface area contributed by atoms with Crippen molar-refractivity contribution in [3.05, 3.63) is 89.5 Å². The molecule has 0 aliphatic carbocycles. The number of aryl methyl sites for hydroxylation is 1. The minimum Gasteiger partial charge on any atom is -0.366 e. The summed E-state index contributed by atoms with van der Waals surface area (Å²) in [5, 5.41) is 7.08. The predicted octanol–water partition coefficient (Wildman–Crippen LogP) is 6.87. The Morgan fingerprint density at radius 1 is 1.03 bits per heavy atom. The van der Waals surface area contributed by atoms with Crippen LogP contribution in [0, 0.1) is 6.92 Å². The third kappa shape index (κ3) is 4.56. The third-order valence-electron chi connectivity index (χ3n) is 6.08. The largest absolute Gasteiger partial charge is 0.435 e. The number of rotatable bonds is 6. The van der Waals surface area contributed by atoms with Crippen LogP contribution in [0.25, 0.3) is 28.0 Å². The maximum absolute atomic E-state index is 13.0. The van der Waals surface area contributed by atoms with E-state index in [0.717, 1.165) is 33.9 Å². The number of fused-ring (bicyclic) bond motifs is 1. The number of benzene rings is 2. The summed E-state index contributed by atoms with van der Waals surface area (Å²) < 4.78 is 40.3. The van der Waals surface area contributed by atoms with Gasteiger partial charge < -0.3 is 10.3 Å². The van der Waals surface area contributed by atoms with Gasteiger partial charge in [-0.2, -0.15) is 18.3 Å². The molecule has 0 atom stereocenters. The van der Waals surface area contributed by atoms with Gasteiger partial charge in [0.2, 0.25) is 0 Å². The minimum absolute atomic E-state index is 0.331. The number of hydrogen-bond acceptors (Lipinski definition) is 4. The monoisotopic (exact) mass is 490 g/mol. The van der Waals surface area contributed by atoms with Gasteiger partial charge in [0.1, 0.15) is 17.0 Å².